The van der Waals surface area contributed by atoms with Gasteiger partial charge in [-0.3, -0.25) is 10.3 Å². The number of nitrogens with one attached hydrogen (secondary N) is 1. The first-order chi connectivity index (χ1) is 14.8. The molecule has 0 radical (unpaired) electrons. The van der Waals surface area contributed by atoms with Gasteiger partial charge in [0.05, 0.1) is 11.4 Å². The third kappa shape index (κ3) is 3.69. The fourth-order valence-corrected chi connectivity index (χ4v) is 4.72. The van der Waals surface area contributed by atoms with Gasteiger partial charge < -0.3 is 9.30 Å². The number of carbonyl (C=O) groups excluding carboxylic acids is 1. The zero-order chi connectivity index (χ0) is 21.8. The van der Waals surface area contributed by atoms with E-state index < -0.39 is 11.7 Å². The van der Waals surface area contributed by atoms with E-state index >= 15 is 0 Å². The molecule has 0 aromatic carbocycles. The van der Waals surface area contributed by atoms with Crippen LogP contribution in [-0.2, 0) is 4.74 Å². The Morgan fingerprint density at radius 1 is 1.19 bits per heavy atom. The molecule has 1 aliphatic heterocycles. The normalized spacial score (nSPS) is 19.4. The highest BCUT2D eigenvalue weighted by atomic mass is 16.6. The number of ether oxygens (including phenoxy) is 1. The van der Waals surface area contributed by atoms with E-state index in [9.17, 15) is 4.79 Å². The van der Waals surface area contributed by atoms with Gasteiger partial charge in [0.15, 0.2) is 0 Å². The maximum absolute atomic E-state index is 12.2. The first-order valence-electron chi connectivity index (χ1n) is 10.8. The summed E-state index contributed by atoms with van der Waals surface area (Å²) in [7, 11) is 0. The van der Waals surface area contributed by atoms with E-state index in [-0.39, 0.29) is 0 Å². The van der Waals surface area contributed by atoms with Crippen LogP contribution in [0.5, 0.6) is 0 Å². The smallest absolute Gasteiger partial charge is 0.413 e. The number of aromatic nitrogens is 4. The Hall–Kier alpha value is -3.22. The molecule has 0 spiro atoms. The third-order valence-corrected chi connectivity index (χ3v) is 5.87. The predicted octanol–water partition coefficient (Wildman–Crippen LogP) is 5.48. The van der Waals surface area contributed by atoms with Crippen molar-refractivity contribution >= 4 is 11.9 Å². The Balaban J connectivity index is 1.58. The predicted molar refractivity (Wildman–Crippen MR) is 119 cm³/mol. The lowest BCUT2D eigenvalue weighted by molar-refractivity contribution is 0.0635. The standard InChI is InChI=1S/C24H27N5O2/c1-14-6-5-7-18(26-14)20-21(29-17-9-8-16(12-17)22(29)28-20)15-10-11-25-19(13-15)27-23(30)31-24(2,3)4/h5-7,10-11,13,16-17H,8-9,12H2,1-4H3,(H,25,27,30). The molecular formula is C24H27N5O2. The van der Waals surface area contributed by atoms with Crippen LogP contribution >= 0.6 is 0 Å². The summed E-state index contributed by atoms with van der Waals surface area (Å²) in [6.07, 6.45) is 4.72. The number of pyridine rings is 2. The molecule has 4 heterocycles. The van der Waals surface area contributed by atoms with Crippen molar-refractivity contribution in [3.05, 3.63) is 48.0 Å². The monoisotopic (exact) mass is 417 g/mol. The Labute approximate surface area is 181 Å². The van der Waals surface area contributed by atoms with Crippen LogP contribution in [0.2, 0.25) is 0 Å². The second-order valence-electron chi connectivity index (χ2n) is 9.42. The van der Waals surface area contributed by atoms with Gasteiger partial charge in [0.2, 0.25) is 0 Å². The van der Waals surface area contributed by atoms with Crippen LogP contribution in [0.25, 0.3) is 22.6 Å². The van der Waals surface area contributed by atoms with Crippen LogP contribution in [-0.4, -0.2) is 31.2 Å². The Bertz CT molecular complexity index is 1160. The second kappa shape index (κ2) is 7.18. The van der Waals surface area contributed by atoms with E-state index in [0.717, 1.165) is 40.6 Å². The highest BCUT2D eigenvalue weighted by molar-refractivity contribution is 5.86. The molecule has 5 rings (SSSR count). The lowest BCUT2D eigenvalue weighted by atomic mass is 10.1. The van der Waals surface area contributed by atoms with Gasteiger partial charge in [-0.2, -0.15) is 0 Å². The first-order valence-corrected chi connectivity index (χ1v) is 10.8. The molecule has 7 nitrogen and oxygen atoms in total. The van der Waals surface area contributed by atoms with Gasteiger partial charge in [-0.25, -0.2) is 14.8 Å². The fourth-order valence-electron chi connectivity index (χ4n) is 4.72. The molecule has 3 aromatic heterocycles. The maximum atomic E-state index is 12.2. The highest BCUT2D eigenvalue weighted by Gasteiger charge is 2.41. The molecule has 2 aliphatic rings. The molecule has 1 amide bonds. The van der Waals surface area contributed by atoms with E-state index in [1.165, 1.54) is 12.8 Å². The van der Waals surface area contributed by atoms with Crippen molar-refractivity contribution in [1.29, 1.82) is 0 Å². The largest absolute Gasteiger partial charge is 0.444 e. The fraction of sp³-hybridized carbons (Fsp3) is 0.417. The molecule has 160 valence electrons. The number of carbonyl (C=O) groups is 1. The van der Waals surface area contributed by atoms with E-state index in [2.05, 4.69) is 14.9 Å². The number of imidazole rings is 1. The molecule has 7 heteroatoms. The summed E-state index contributed by atoms with van der Waals surface area (Å²) < 4.78 is 7.76. The van der Waals surface area contributed by atoms with E-state index in [0.29, 0.717) is 17.8 Å². The zero-order valence-electron chi connectivity index (χ0n) is 18.3. The van der Waals surface area contributed by atoms with Gasteiger partial charge >= 0.3 is 6.09 Å². The lowest BCUT2D eigenvalue weighted by Crippen LogP contribution is -2.27. The van der Waals surface area contributed by atoms with Crippen LogP contribution in [0.4, 0.5) is 10.6 Å². The zero-order valence-corrected chi connectivity index (χ0v) is 18.3. The van der Waals surface area contributed by atoms with Gasteiger partial charge in [0.1, 0.15) is 22.9 Å². The number of fused-ring (bicyclic) bond motifs is 5. The number of aryl methyl sites for hydroxylation is 1. The maximum Gasteiger partial charge on any atom is 0.413 e. The highest BCUT2D eigenvalue weighted by Crippen LogP contribution is 2.52. The van der Waals surface area contributed by atoms with Crippen molar-refractivity contribution < 1.29 is 9.53 Å². The van der Waals surface area contributed by atoms with Crippen LogP contribution in [0.1, 0.15) is 63.5 Å². The molecule has 1 saturated carbocycles. The van der Waals surface area contributed by atoms with E-state index in [4.69, 9.17) is 14.7 Å². The molecule has 1 aliphatic carbocycles. The van der Waals surface area contributed by atoms with Gasteiger partial charge in [-0.05, 0) is 71.2 Å². The summed E-state index contributed by atoms with van der Waals surface area (Å²) in [5.41, 5.74) is 4.17. The Morgan fingerprint density at radius 3 is 2.81 bits per heavy atom. The summed E-state index contributed by atoms with van der Waals surface area (Å²) in [6.45, 7) is 7.50. The van der Waals surface area contributed by atoms with Crippen molar-refractivity contribution in [2.24, 2.45) is 0 Å². The molecule has 3 aromatic rings. The third-order valence-electron chi connectivity index (χ3n) is 5.87. The van der Waals surface area contributed by atoms with Crippen LogP contribution in [0, 0.1) is 6.92 Å². The van der Waals surface area contributed by atoms with Gasteiger partial charge in [-0.1, -0.05) is 6.07 Å². The second-order valence-corrected chi connectivity index (χ2v) is 9.42. The summed E-state index contributed by atoms with van der Waals surface area (Å²) in [4.78, 5) is 26.4. The molecule has 1 N–H and O–H groups in total. The topological polar surface area (TPSA) is 81.9 Å². The molecule has 2 unspecified atom stereocenters. The minimum Gasteiger partial charge on any atom is -0.444 e. The van der Waals surface area contributed by atoms with Crippen LogP contribution in [0.15, 0.2) is 36.5 Å². The average Bonchev–Trinajstić information content (AvgIpc) is 3.39. The molecule has 31 heavy (non-hydrogen) atoms. The summed E-state index contributed by atoms with van der Waals surface area (Å²) in [6, 6.07) is 10.3. The SMILES string of the molecule is Cc1cccc(-c2nc3n(c2-c2ccnc(NC(=O)OC(C)(C)C)c2)C2CCC3C2)n1. The van der Waals surface area contributed by atoms with Gasteiger partial charge in [0, 0.05) is 29.4 Å². The lowest BCUT2D eigenvalue weighted by Gasteiger charge is -2.20. The van der Waals surface area contributed by atoms with E-state index in [1.807, 2.05) is 58.0 Å². The summed E-state index contributed by atoms with van der Waals surface area (Å²) in [5.74, 6) is 2.13. The van der Waals surface area contributed by atoms with Crippen molar-refractivity contribution in [3.8, 4) is 22.6 Å². The first kappa shape index (κ1) is 19.7. The number of anilines is 1. The van der Waals surface area contributed by atoms with Crippen molar-refractivity contribution in [1.82, 2.24) is 19.5 Å². The minimum atomic E-state index is -0.572. The number of hydrogen-bond donors (Lipinski definition) is 1. The van der Waals surface area contributed by atoms with Crippen LogP contribution in [0.3, 0.4) is 0 Å². The average molecular weight is 418 g/mol. The minimum absolute atomic E-state index is 0.452. The van der Waals surface area contributed by atoms with Crippen molar-refractivity contribution in [3.63, 3.8) is 0 Å². The number of hydrogen-bond acceptors (Lipinski definition) is 5. The number of amides is 1. The van der Waals surface area contributed by atoms with Gasteiger partial charge in [-0.15, -0.1) is 0 Å². The number of rotatable bonds is 3. The number of nitrogens with zero attached hydrogens (tertiary/aromatic N) is 4. The van der Waals surface area contributed by atoms with Crippen LogP contribution < -0.4 is 5.32 Å². The Morgan fingerprint density at radius 2 is 2.03 bits per heavy atom. The molecular weight excluding hydrogens is 390 g/mol. The van der Waals surface area contributed by atoms with Gasteiger partial charge in [0.25, 0.3) is 0 Å². The summed E-state index contributed by atoms with van der Waals surface area (Å²) >= 11 is 0. The van der Waals surface area contributed by atoms with Crippen molar-refractivity contribution in [2.75, 3.05) is 5.32 Å². The molecule has 0 saturated heterocycles. The molecule has 2 atom stereocenters. The van der Waals surface area contributed by atoms with E-state index in [1.54, 1.807) is 6.20 Å². The van der Waals surface area contributed by atoms with Crippen molar-refractivity contribution in [2.45, 2.75) is 64.5 Å². The molecule has 1 fully saturated rings. The molecule has 2 bridgehead atoms. The quantitative estimate of drug-likeness (QED) is 0.610. The summed E-state index contributed by atoms with van der Waals surface area (Å²) in [5, 5.41) is 2.75. The Kier molecular flexibility index (Phi) is 4.57.